The molecule has 0 aromatic heterocycles. The van der Waals surface area contributed by atoms with Gasteiger partial charge in [-0.15, -0.1) is 0 Å². The molecular formula is C24H29N3O5S. The summed E-state index contributed by atoms with van der Waals surface area (Å²) in [5.74, 6) is 1.09. The molecule has 3 heterocycles. The van der Waals surface area contributed by atoms with Gasteiger partial charge in [0.05, 0.1) is 10.9 Å². The molecule has 2 atom stereocenters. The maximum Gasteiger partial charge on any atom is 0.244 e. The van der Waals surface area contributed by atoms with Gasteiger partial charge in [-0.05, 0) is 44.0 Å². The Labute approximate surface area is 194 Å². The molecule has 5 rings (SSSR count). The summed E-state index contributed by atoms with van der Waals surface area (Å²) in [6, 6.07) is 12.6. The fraction of sp³-hybridized carbons (Fsp3) is 0.458. The number of nitrogens with zero attached hydrogens (tertiary/aromatic N) is 3. The zero-order valence-electron chi connectivity index (χ0n) is 18.9. The molecule has 0 aliphatic carbocycles. The van der Waals surface area contributed by atoms with Gasteiger partial charge < -0.3 is 14.4 Å². The summed E-state index contributed by atoms with van der Waals surface area (Å²) < 4.78 is 38.9. The zero-order valence-corrected chi connectivity index (χ0v) is 19.8. The third-order valence-electron chi connectivity index (χ3n) is 6.77. The number of para-hydroxylation sites is 1. The Morgan fingerprint density at radius 2 is 1.70 bits per heavy atom. The van der Waals surface area contributed by atoms with E-state index in [-0.39, 0.29) is 22.9 Å². The molecule has 2 unspecified atom stereocenters. The third-order valence-corrected chi connectivity index (χ3v) is 8.67. The minimum atomic E-state index is -3.65. The predicted molar refractivity (Wildman–Crippen MR) is 124 cm³/mol. The molecular weight excluding hydrogens is 442 g/mol. The molecule has 2 aromatic carbocycles. The second kappa shape index (κ2) is 8.62. The number of piperazine rings is 1. The molecule has 0 bridgehead atoms. The number of fused-ring (bicyclic) bond motifs is 2. The Kier molecular flexibility index (Phi) is 5.80. The number of sulfonamides is 1. The van der Waals surface area contributed by atoms with Crippen molar-refractivity contribution in [1.82, 2.24) is 9.21 Å². The molecule has 0 N–H and O–H groups in total. The van der Waals surface area contributed by atoms with Crippen LogP contribution in [0, 0.1) is 0 Å². The van der Waals surface area contributed by atoms with E-state index in [0.29, 0.717) is 50.9 Å². The van der Waals surface area contributed by atoms with Gasteiger partial charge in [0.1, 0.15) is 13.2 Å². The van der Waals surface area contributed by atoms with E-state index in [1.54, 1.807) is 12.1 Å². The van der Waals surface area contributed by atoms with Crippen LogP contribution < -0.4 is 14.4 Å². The number of carbonyl (C=O) groups excluding carboxylic acids is 1. The van der Waals surface area contributed by atoms with Crippen molar-refractivity contribution >= 4 is 21.6 Å². The summed E-state index contributed by atoms with van der Waals surface area (Å²) in [7, 11) is -3.65. The van der Waals surface area contributed by atoms with E-state index in [9.17, 15) is 13.2 Å². The van der Waals surface area contributed by atoms with Crippen molar-refractivity contribution in [3.05, 3.63) is 48.0 Å². The largest absolute Gasteiger partial charge is 0.486 e. The first kappa shape index (κ1) is 22.2. The van der Waals surface area contributed by atoms with Crippen LogP contribution in [0.1, 0.15) is 19.4 Å². The van der Waals surface area contributed by atoms with Gasteiger partial charge >= 0.3 is 0 Å². The highest BCUT2D eigenvalue weighted by Crippen LogP contribution is 2.34. The summed E-state index contributed by atoms with van der Waals surface area (Å²) in [6.45, 7) is 6.52. The fourth-order valence-electron chi connectivity index (χ4n) is 4.92. The lowest BCUT2D eigenvalue weighted by atomic mass is 10.1. The van der Waals surface area contributed by atoms with Gasteiger partial charge in [0.2, 0.25) is 15.9 Å². The average molecular weight is 472 g/mol. The smallest absolute Gasteiger partial charge is 0.244 e. The number of amides is 1. The lowest BCUT2D eigenvalue weighted by Gasteiger charge is -2.38. The van der Waals surface area contributed by atoms with Crippen molar-refractivity contribution in [2.75, 3.05) is 44.3 Å². The number of rotatable bonds is 4. The number of hydrogen-bond donors (Lipinski definition) is 0. The van der Waals surface area contributed by atoms with E-state index in [1.807, 2.05) is 30.0 Å². The maximum absolute atomic E-state index is 13.4. The average Bonchev–Trinajstić information content (AvgIpc) is 3.18. The highest BCUT2D eigenvalue weighted by Gasteiger charge is 2.37. The summed E-state index contributed by atoms with van der Waals surface area (Å²) in [5, 5.41) is 0. The van der Waals surface area contributed by atoms with Crippen LogP contribution in [0.25, 0.3) is 0 Å². The topological polar surface area (TPSA) is 79.4 Å². The molecule has 33 heavy (non-hydrogen) atoms. The monoisotopic (exact) mass is 471 g/mol. The van der Waals surface area contributed by atoms with E-state index in [1.165, 1.54) is 15.9 Å². The van der Waals surface area contributed by atoms with Crippen LogP contribution in [0.2, 0.25) is 0 Å². The highest BCUT2D eigenvalue weighted by molar-refractivity contribution is 7.89. The predicted octanol–water partition coefficient (Wildman–Crippen LogP) is 2.13. The molecule has 1 amide bonds. The first-order valence-corrected chi connectivity index (χ1v) is 12.8. The zero-order chi connectivity index (χ0) is 23.2. The normalized spacial score (nSPS) is 22.1. The van der Waals surface area contributed by atoms with Crippen molar-refractivity contribution < 1.29 is 22.7 Å². The SMILES string of the molecule is CC(C(=O)N1c2ccccc2CC1C)N1CCN(S(=O)(=O)c2ccc3c(c2)OCCO3)CC1. The molecule has 8 nitrogen and oxygen atoms in total. The standard InChI is InChI=1S/C24H29N3O5S/c1-17-15-19-5-3-4-6-21(19)27(17)24(28)18(2)25-9-11-26(12-10-25)33(29,30)20-7-8-22-23(16-20)32-14-13-31-22/h3-8,16-18H,9-15H2,1-2H3. The van der Waals surface area contributed by atoms with Crippen molar-refractivity contribution in [1.29, 1.82) is 0 Å². The van der Waals surface area contributed by atoms with Crippen LogP contribution in [-0.2, 0) is 21.2 Å². The van der Waals surface area contributed by atoms with Gasteiger partial charge in [-0.3, -0.25) is 9.69 Å². The summed E-state index contributed by atoms with van der Waals surface area (Å²) >= 11 is 0. The molecule has 0 radical (unpaired) electrons. The minimum Gasteiger partial charge on any atom is -0.486 e. The molecule has 0 saturated carbocycles. The number of carbonyl (C=O) groups is 1. The highest BCUT2D eigenvalue weighted by atomic mass is 32.2. The van der Waals surface area contributed by atoms with Gasteiger partial charge in [-0.25, -0.2) is 8.42 Å². The van der Waals surface area contributed by atoms with Gasteiger partial charge in [-0.1, -0.05) is 18.2 Å². The maximum atomic E-state index is 13.4. The molecule has 2 aromatic rings. The Bertz CT molecular complexity index is 1160. The fourth-order valence-corrected chi connectivity index (χ4v) is 6.36. The van der Waals surface area contributed by atoms with Gasteiger partial charge in [-0.2, -0.15) is 4.31 Å². The quantitative estimate of drug-likeness (QED) is 0.680. The van der Waals surface area contributed by atoms with Crippen molar-refractivity contribution in [2.24, 2.45) is 0 Å². The molecule has 3 aliphatic rings. The number of hydrogen-bond acceptors (Lipinski definition) is 6. The molecule has 176 valence electrons. The van der Waals surface area contributed by atoms with Crippen LogP contribution >= 0.6 is 0 Å². The number of ether oxygens (including phenoxy) is 2. The van der Waals surface area contributed by atoms with Crippen LogP contribution in [0.5, 0.6) is 11.5 Å². The molecule has 1 saturated heterocycles. The number of anilines is 1. The minimum absolute atomic E-state index is 0.0654. The molecule has 3 aliphatic heterocycles. The van der Waals surface area contributed by atoms with Gasteiger partial charge in [0, 0.05) is 44.0 Å². The third kappa shape index (κ3) is 3.98. The van der Waals surface area contributed by atoms with E-state index in [4.69, 9.17) is 9.47 Å². The van der Waals surface area contributed by atoms with Crippen LogP contribution in [0.15, 0.2) is 47.4 Å². The van der Waals surface area contributed by atoms with E-state index < -0.39 is 10.0 Å². The summed E-state index contributed by atoms with van der Waals surface area (Å²) in [6.07, 6.45) is 0.857. The Morgan fingerprint density at radius 1 is 1.00 bits per heavy atom. The first-order valence-electron chi connectivity index (χ1n) is 11.4. The second-order valence-corrected chi connectivity index (χ2v) is 10.7. The Balaban J connectivity index is 1.26. The van der Waals surface area contributed by atoms with Gasteiger partial charge in [0.15, 0.2) is 11.5 Å². The lowest BCUT2D eigenvalue weighted by Crippen LogP contribution is -2.56. The Morgan fingerprint density at radius 3 is 2.45 bits per heavy atom. The van der Waals surface area contributed by atoms with Crippen LogP contribution in [0.3, 0.4) is 0 Å². The van der Waals surface area contributed by atoms with E-state index in [2.05, 4.69) is 17.9 Å². The van der Waals surface area contributed by atoms with E-state index >= 15 is 0 Å². The summed E-state index contributed by atoms with van der Waals surface area (Å²) in [5.41, 5.74) is 2.18. The van der Waals surface area contributed by atoms with E-state index in [0.717, 1.165) is 12.1 Å². The lowest BCUT2D eigenvalue weighted by molar-refractivity contribution is -0.124. The van der Waals surface area contributed by atoms with Crippen molar-refractivity contribution in [3.63, 3.8) is 0 Å². The Hall–Kier alpha value is -2.62. The summed E-state index contributed by atoms with van der Waals surface area (Å²) in [4.78, 5) is 17.6. The second-order valence-electron chi connectivity index (χ2n) is 8.81. The van der Waals surface area contributed by atoms with Crippen LogP contribution in [-0.4, -0.2) is 75.0 Å². The molecule has 9 heteroatoms. The van der Waals surface area contributed by atoms with Crippen molar-refractivity contribution in [2.45, 2.75) is 37.2 Å². The van der Waals surface area contributed by atoms with Gasteiger partial charge in [0.25, 0.3) is 0 Å². The molecule has 0 spiro atoms. The van der Waals surface area contributed by atoms with Crippen LogP contribution in [0.4, 0.5) is 5.69 Å². The first-order chi connectivity index (χ1) is 15.9. The molecule has 1 fully saturated rings. The number of benzene rings is 2. The van der Waals surface area contributed by atoms with Crippen molar-refractivity contribution in [3.8, 4) is 11.5 Å².